The van der Waals surface area contributed by atoms with Crippen LogP contribution in [0, 0.1) is 18.6 Å². The van der Waals surface area contributed by atoms with Gasteiger partial charge in [0.15, 0.2) is 0 Å². The van der Waals surface area contributed by atoms with Gasteiger partial charge in [0.25, 0.3) is 10.0 Å². The van der Waals surface area contributed by atoms with Gasteiger partial charge in [-0.3, -0.25) is 9.10 Å². The van der Waals surface area contributed by atoms with Gasteiger partial charge in [0.1, 0.15) is 18.2 Å². The molecule has 1 N–H and O–H groups in total. The van der Waals surface area contributed by atoms with Crippen LogP contribution in [0.25, 0.3) is 0 Å². The molecule has 30 heavy (non-hydrogen) atoms. The Bertz CT molecular complexity index is 1170. The standard InChI is InChI=1S/C21H17ClF2N2O3S/c1-14-12-15(22)2-11-20(14)25-21(27)13-26(18-7-3-16(23)4-8-18)30(28,29)19-9-5-17(24)6-10-19/h2-12H,13H2,1H3,(H,25,27). The first-order valence-electron chi connectivity index (χ1n) is 8.77. The molecule has 0 aromatic heterocycles. The summed E-state index contributed by atoms with van der Waals surface area (Å²) < 4.78 is 53.7. The number of nitrogens with one attached hydrogen (secondary N) is 1. The van der Waals surface area contributed by atoms with Crippen molar-refractivity contribution in [3.8, 4) is 0 Å². The van der Waals surface area contributed by atoms with Crippen LogP contribution in [0.3, 0.4) is 0 Å². The Hall–Kier alpha value is -2.97. The third-order valence-electron chi connectivity index (χ3n) is 4.27. The van der Waals surface area contributed by atoms with Gasteiger partial charge in [-0.15, -0.1) is 0 Å². The number of carbonyl (C=O) groups excluding carboxylic acids is 1. The fourth-order valence-electron chi connectivity index (χ4n) is 2.74. The average Bonchev–Trinajstić information content (AvgIpc) is 2.69. The van der Waals surface area contributed by atoms with Crippen LogP contribution in [-0.4, -0.2) is 20.9 Å². The van der Waals surface area contributed by atoms with Crippen LogP contribution < -0.4 is 9.62 Å². The van der Waals surface area contributed by atoms with E-state index in [1.807, 2.05) is 0 Å². The Morgan fingerprint density at radius 3 is 2.10 bits per heavy atom. The summed E-state index contributed by atoms with van der Waals surface area (Å²) >= 11 is 5.91. The van der Waals surface area contributed by atoms with Crippen molar-refractivity contribution in [1.82, 2.24) is 0 Å². The predicted molar refractivity (Wildman–Crippen MR) is 112 cm³/mol. The number of nitrogens with zero attached hydrogens (tertiary/aromatic N) is 1. The maximum Gasteiger partial charge on any atom is 0.264 e. The summed E-state index contributed by atoms with van der Waals surface area (Å²) in [6, 6.07) is 13.7. The van der Waals surface area contributed by atoms with E-state index in [9.17, 15) is 22.0 Å². The second-order valence-electron chi connectivity index (χ2n) is 6.45. The molecule has 0 radical (unpaired) electrons. The minimum atomic E-state index is -4.23. The lowest BCUT2D eigenvalue weighted by Gasteiger charge is -2.24. The van der Waals surface area contributed by atoms with Crippen molar-refractivity contribution in [3.63, 3.8) is 0 Å². The quantitative estimate of drug-likeness (QED) is 0.588. The van der Waals surface area contributed by atoms with Gasteiger partial charge in [0, 0.05) is 10.7 Å². The molecule has 9 heteroatoms. The van der Waals surface area contributed by atoms with Crippen LogP contribution in [0.5, 0.6) is 0 Å². The van der Waals surface area contributed by atoms with E-state index < -0.39 is 34.1 Å². The van der Waals surface area contributed by atoms with E-state index in [0.717, 1.165) is 40.7 Å². The van der Waals surface area contributed by atoms with Crippen LogP contribution in [-0.2, 0) is 14.8 Å². The first-order valence-corrected chi connectivity index (χ1v) is 10.6. The Kier molecular flexibility index (Phi) is 6.38. The van der Waals surface area contributed by atoms with E-state index in [2.05, 4.69) is 5.32 Å². The molecule has 156 valence electrons. The third-order valence-corrected chi connectivity index (χ3v) is 6.29. The van der Waals surface area contributed by atoms with Crippen molar-refractivity contribution < 1.29 is 22.0 Å². The van der Waals surface area contributed by atoms with Crippen molar-refractivity contribution in [3.05, 3.63) is 89.0 Å². The number of anilines is 2. The molecule has 0 unspecified atom stereocenters. The molecular weight excluding hydrogens is 434 g/mol. The van der Waals surface area contributed by atoms with Gasteiger partial charge in [-0.2, -0.15) is 0 Å². The highest BCUT2D eigenvalue weighted by atomic mass is 35.5. The molecule has 5 nitrogen and oxygen atoms in total. The number of hydrogen-bond acceptors (Lipinski definition) is 3. The molecule has 3 rings (SSSR count). The minimum Gasteiger partial charge on any atom is -0.324 e. The van der Waals surface area contributed by atoms with E-state index in [1.165, 1.54) is 12.1 Å². The summed E-state index contributed by atoms with van der Waals surface area (Å²) in [6.07, 6.45) is 0. The summed E-state index contributed by atoms with van der Waals surface area (Å²) in [5.41, 5.74) is 1.26. The summed E-state index contributed by atoms with van der Waals surface area (Å²) in [5, 5.41) is 3.14. The number of carbonyl (C=O) groups is 1. The van der Waals surface area contributed by atoms with Gasteiger partial charge >= 0.3 is 0 Å². The van der Waals surface area contributed by atoms with Crippen molar-refractivity contribution in [2.75, 3.05) is 16.2 Å². The summed E-state index contributed by atoms with van der Waals surface area (Å²) in [5.74, 6) is -1.77. The summed E-state index contributed by atoms with van der Waals surface area (Å²) in [4.78, 5) is 12.4. The number of sulfonamides is 1. The number of amides is 1. The monoisotopic (exact) mass is 450 g/mol. The maximum atomic E-state index is 13.3. The zero-order valence-electron chi connectivity index (χ0n) is 15.8. The number of rotatable bonds is 6. The van der Waals surface area contributed by atoms with Gasteiger partial charge in [-0.05, 0) is 79.2 Å². The lowest BCUT2D eigenvalue weighted by molar-refractivity contribution is -0.114. The van der Waals surface area contributed by atoms with Crippen LogP contribution in [0.4, 0.5) is 20.2 Å². The molecule has 3 aromatic carbocycles. The fraction of sp³-hybridized carbons (Fsp3) is 0.0952. The van der Waals surface area contributed by atoms with E-state index in [4.69, 9.17) is 11.6 Å². The molecule has 0 bridgehead atoms. The predicted octanol–water partition coefficient (Wildman–Crippen LogP) is 4.76. The lowest BCUT2D eigenvalue weighted by Crippen LogP contribution is -2.38. The third kappa shape index (κ3) is 4.95. The van der Waals surface area contributed by atoms with E-state index in [1.54, 1.807) is 25.1 Å². The molecular formula is C21H17ClF2N2O3S. The van der Waals surface area contributed by atoms with Gasteiger partial charge in [-0.25, -0.2) is 17.2 Å². The molecule has 0 saturated carbocycles. The minimum absolute atomic E-state index is 0.0868. The Morgan fingerprint density at radius 2 is 1.53 bits per heavy atom. The second kappa shape index (κ2) is 8.81. The van der Waals surface area contributed by atoms with Crippen molar-refractivity contribution in [2.45, 2.75) is 11.8 Å². The van der Waals surface area contributed by atoms with Gasteiger partial charge in [-0.1, -0.05) is 11.6 Å². The normalized spacial score (nSPS) is 11.2. The highest BCUT2D eigenvalue weighted by Crippen LogP contribution is 2.25. The van der Waals surface area contributed by atoms with Crippen molar-refractivity contribution in [2.24, 2.45) is 0 Å². The van der Waals surface area contributed by atoms with E-state index >= 15 is 0 Å². The van der Waals surface area contributed by atoms with Gasteiger partial charge < -0.3 is 5.32 Å². The van der Waals surface area contributed by atoms with E-state index in [0.29, 0.717) is 16.3 Å². The number of halogens is 3. The molecule has 0 aliphatic rings. The number of benzene rings is 3. The summed E-state index contributed by atoms with van der Waals surface area (Å²) in [6.45, 7) is 1.17. The first kappa shape index (κ1) is 21.7. The molecule has 0 atom stereocenters. The maximum absolute atomic E-state index is 13.3. The molecule has 0 heterocycles. The molecule has 3 aromatic rings. The molecule has 0 saturated heterocycles. The molecule has 0 fully saturated rings. The second-order valence-corrected chi connectivity index (χ2v) is 8.75. The molecule has 0 aliphatic carbocycles. The lowest BCUT2D eigenvalue weighted by atomic mass is 10.2. The van der Waals surface area contributed by atoms with Gasteiger partial charge in [0.2, 0.25) is 5.91 Å². The van der Waals surface area contributed by atoms with Crippen molar-refractivity contribution >= 4 is 38.9 Å². The SMILES string of the molecule is Cc1cc(Cl)ccc1NC(=O)CN(c1ccc(F)cc1)S(=O)(=O)c1ccc(F)cc1. The smallest absolute Gasteiger partial charge is 0.264 e. The highest BCUT2D eigenvalue weighted by molar-refractivity contribution is 7.92. The zero-order valence-corrected chi connectivity index (χ0v) is 17.3. The molecule has 0 spiro atoms. The average molecular weight is 451 g/mol. The summed E-state index contributed by atoms with van der Waals surface area (Å²) in [7, 11) is -4.23. The van der Waals surface area contributed by atoms with Crippen LogP contribution in [0.15, 0.2) is 71.6 Å². The Labute approximate surface area is 178 Å². The Morgan fingerprint density at radius 1 is 0.967 bits per heavy atom. The van der Waals surface area contributed by atoms with Crippen LogP contribution >= 0.6 is 11.6 Å². The molecule has 0 aliphatic heterocycles. The van der Waals surface area contributed by atoms with Crippen molar-refractivity contribution in [1.29, 1.82) is 0 Å². The zero-order chi connectivity index (χ0) is 21.9. The van der Waals surface area contributed by atoms with Crippen LogP contribution in [0.1, 0.15) is 5.56 Å². The fourth-order valence-corrected chi connectivity index (χ4v) is 4.39. The highest BCUT2D eigenvalue weighted by Gasteiger charge is 2.27. The van der Waals surface area contributed by atoms with Crippen LogP contribution in [0.2, 0.25) is 5.02 Å². The molecule has 1 amide bonds. The van der Waals surface area contributed by atoms with E-state index in [-0.39, 0.29) is 10.6 Å². The first-order chi connectivity index (χ1) is 14.2. The largest absolute Gasteiger partial charge is 0.324 e. The number of aryl methyl sites for hydroxylation is 1. The Balaban J connectivity index is 1.94. The number of hydrogen-bond donors (Lipinski definition) is 1. The topological polar surface area (TPSA) is 66.5 Å². The van der Waals surface area contributed by atoms with Gasteiger partial charge in [0.05, 0.1) is 10.6 Å².